The summed E-state index contributed by atoms with van der Waals surface area (Å²) in [7, 11) is 0. The summed E-state index contributed by atoms with van der Waals surface area (Å²) in [6, 6.07) is 4.73. The van der Waals surface area contributed by atoms with Crippen molar-refractivity contribution in [2.24, 2.45) is 0 Å². The van der Waals surface area contributed by atoms with E-state index in [1.54, 1.807) is 39.8 Å². The Morgan fingerprint density at radius 1 is 1.28 bits per heavy atom. The highest BCUT2D eigenvalue weighted by Crippen LogP contribution is 2.32. The van der Waals surface area contributed by atoms with E-state index in [2.05, 4.69) is 10.3 Å². The van der Waals surface area contributed by atoms with Gasteiger partial charge < -0.3 is 10.4 Å². The molecule has 0 aliphatic carbocycles. The third kappa shape index (κ3) is 4.42. The lowest BCUT2D eigenvalue weighted by Gasteiger charge is -2.30. The van der Waals surface area contributed by atoms with Crippen LogP contribution in [0.4, 0.5) is 15.6 Å². The zero-order valence-electron chi connectivity index (χ0n) is 14.1. The molecule has 0 unspecified atom stereocenters. The summed E-state index contributed by atoms with van der Waals surface area (Å²) < 4.78 is 0. The van der Waals surface area contributed by atoms with E-state index in [0.717, 1.165) is 16.2 Å². The summed E-state index contributed by atoms with van der Waals surface area (Å²) in [5.74, 6) is -0.412. The van der Waals surface area contributed by atoms with Crippen molar-refractivity contribution in [1.82, 2.24) is 4.98 Å². The number of hydrogen-bond donors (Lipinski definition) is 2. The van der Waals surface area contributed by atoms with Gasteiger partial charge in [-0.15, -0.1) is 0 Å². The van der Waals surface area contributed by atoms with E-state index in [1.165, 1.54) is 6.07 Å². The van der Waals surface area contributed by atoms with E-state index in [9.17, 15) is 14.7 Å². The molecular formula is C16H17Cl2N3O3S. The van der Waals surface area contributed by atoms with Crippen molar-refractivity contribution >= 4 is 57.4 Å². The van der Waals surface area contributed by atoms with Gasteiger partial charge in [-0.25, -0.2) is 14.7 Å². The van der Waals surface area contributed by atoms with Gasteiger partial charge in [0.05, 0.1) is 16.4 Å². The number of nitrogens with zero attached hydrogens (tertiary/aromatic N) is 2. The van der Waals surface area contributed by atoms with Crippen LogP contribution in [-0.4, -0.2) is 27.6 Å². The predicted octanol–water partition coefficient (Wildman–Crippen LogP) is 5.29. The van der Waals surface area contributed by atoms with Gasteiger partial charge in [0.25, 0.3) is 5.91 Å². The van der Waals surface area contributed by atoms with E-state index in [0.29, 0.717) is 26.3 Å². The number of aromatic nitrogens is 1. The number of amides is 2. The minimum atomic E-state index is -1.13. The standard InChI is InChI=1S/C16H17Cl2N3O3S/c1-8-12(13(22)20-11-6-5-9(17)7-10(11)18)25-14(19-8)21(15(23)24)16(2,3)4/h5-7H,1-4H3,(H,20,22)(H,23,24). The molecule has 0 aliphatic heterocycles. The SMILES string of the molecule is Cc1nc(N(C(=O)O)C(C)(C)C)sc1C(=O)Nc1ccc(Cl)cc1Cl. The van der Waals surface area contributed by atoms with Crippen LogP contribution < -0.4 is 10.2 Å². The molecule has 0 spiro atoms. The number of carboxylic acid groups (broad SMARTS) is 1. The van der Waals surface area contributed by atoms with E-state index >= 15 is 0 Å². The molecule has 9 heteroatoms. The zero-order chi connectivity index (χ0) is 18.9. The van der Waals surface area contributed by atoms with Crippen LogP contribution in [0.25, 0.3) is 0 Å². The molecule has 6 nitrogen and oxygen atoms in total. The molecule has 2 amide bonds. The number of thiazole rings is 1. The minimum Gasteiger partial charge on any atom is -0.465 e. The Balaban J connectivity index is 2.33. The fourth-order valence-electron chi connectivity index (χ4n) is 2.11. The zero-order valence-corrected chi connectivity index (χ0v) is 16.4. The fraction of sp³-hybridized carbons (Fsp3) is 0.312. The molecule has 0 fully saturated rings. The first-order valence-corrected chi connectivity index (χ1v) is 8.85. The molecule has 0 aliphatic rings. The molecule has 0 bridgehead atoms. The second-order valence-electron chi connectivity index (χ2n) is 6.28. The van der Waals surface area contributed by atoms with Crippen molar-refractivity contribution in [1.29, 1.82) is 0 Å². The Bertz CT molecular complexity index is 831. The highest BCUT2D eigenvalue weighted by Gasteiger charge is 2.32. The number of nitrogens with one attached hydrogen (secondary N) is 1. The number of aryl methyl sites for hydroxylation is 1. The van der Waals surface area contributed by atoms with Crippen LogP contribution in [0.1, 0.15) is 36.1 Å². The smallest absolute Gasteiger partial charge is 0.414 e. The summed E-state index contributed by atoms with van der Waals surface area (Å²) in [5.41, 5.74) is 0.165. The number of anilines is 2. The van der Waals surface area contributed by atoms with Crippen LogP contribution >= 0.6 is 34.5 Å². The average molecular weight is 402 g/mol. The second-order valence-corrected chi connectivity index (χ2v) is 8.10. The molecule has 0 saturated heterocycles. The van der Waals surface area contributed by atoms with Crippen molar-refractivity contribution in [3.05, 3.63) is 38.8 Å². The van der Waals surface area contributed by atoms with E-state index in [1.807, 2.05) is 0 Å². The summed E-state index contributed by atoms with van der Waals surface area (Å²) >= 11 is 12.9. The first kappa shape index (κ1) is 19.5. The Kier molecular flexibility index (Phi) is 5.61. The lowest BCUT2D eigenvalue weighted by Crippen LogP contribution is -2.45. The molecule has 2 aromatic rings. The van der Waals surface area contributed by atoms with Crippen molar-refractivity contribution in [3.63, 3.8) is 0 Å². The number of benzene rings is 1. The van der Waals surface area contributed by atoms with Gasteiger partial charge in [-0.05, 0) is 45.9 Å². The fourth-order valence-corrected chi connectivity index (χ4v) is 3.72. The monoisotopic (exact) mass is 401 g/mol. The van der Waals surface area contributed by atoms with Crippen molar-refractivity contribution in [2.75, 3.05) is 10.2 Å². The maximum absolute atomic E-state index is 12.5. The predicted molar refractivity (Wildman–Crippen MR) is 102 cm³/mol. The Morgan fingerprint density at radius 3 is 2.44 bits per heavy atom. The maximum atomic E-state index is 12.5. The molecule has 25 heavy (non-hydrogen) atoms. The first-order valence-electron chi connectivity index (χ1n) is 7.27. The van der Waals surface area contributed by atoms with E-state index in [-0.39, 0.29) is 5.13 Å². The van der Waals surface area contributed by atoms with Crippen LogP contribution in [0.15, 0.2) is 18.2 Å². The van der Waals surface area contributed by atoms with Crippen molar-refractivity contribution in [3.8, 4) is 0 Å². The molecule has 134 valence electrons. The van der Waals surface area contributed by atoms with E-state index < -0.39 is 17.5 Å². The van der Waals surface area contributed by atoms with Crippen LogP contribution in [0.5, 0.6) is 0 Å². The quantitative estimate of drug-likeness (QED) is 0.731. The molecule has 2 rings (SSSR count). The number of hydrogen-bond acceptors (Lipinski definition) is 4. The second kappa shape index (κ2) is 7.19. The third-order valence-corrected chi connectivity index (χ3v) is 4.91. The number of halogens is 2. The van der Waals surface area contributed by atoms with Gasteiger partial charge in [0.2, 0.25) is 0 Å². The molecule has 0 atom stereocenters. The Labute approximate surface area is 159 Å². The minimum absolute atomic E-state index is 0.241. The number of carbonyl (C=O) groups excluding carboxylic acids is 1. The molecule has 1 heterocycles. The van der Waals surface area contributed by atoms with Crippen LogP contribution in [0, 0.1) is 6.92 Å². The third-order valence-electron chi connectivity index (χ3n) is 3.22. The largest absolute Gasteiger partial charge is 0.465 e. The lowest BCUT2D eigenvalue weighted by atomic mass is 10.1. The van der Waals surface area contributed by atoms with Gasteiger partial charge >= 0.3 is 6.09 Å². The molecule has 2 N–H and O–H groups in total. The highest BCUT2D eigenvalue weighted by molar-refractivity contribution is 7.18. The van der Waals surface area contributed by atoms with Crippen molar-refractivity contribution in [2.45, 2.75) is 33.2 Å². The number of rotatable bonds is 3. The molecule has 1 aromatic heterocycles. The van der Waals surface area contributed by atoms with Gasteiger partial charge in [0.15, 0.2) is 5.13 Å². The van der Waals surface area contributed by atoms with Gasteiger partial charge in [-0.2, -0.15) is 0 Å². The molecule has 0 saturated carbocycles. The molecule has 1 aromatic carbocycles. The lowest BCUT2D eigenvalue weighted by molar-refractivity contribution is 0.102. The topological polar surface area (TPSA) is 82.5 Å². The normalized spacial score (nSPS) is 11.3. The van der Waals surface area contributed by atoms with Gasteiger partial charge in [0.1, 0.15) is 4.88 Å². The Hall–Kier alpha value is -1.83. The van der Waals surface area contributed by atoms with Gasteiger partial charge in [-0.3, -0.25) is 4.79 Å². The first-order chi connectivity index (χ1) is 11.5. The number of carbonyl (C=O) groups is 2. The van der Waals surface area contributed by atoms with Crippen molar-refractivity contribution < 1.29 is 14.7 Å². The van der Waals surface area contributed by atoms with Crippen LogP contribution in [0.3, 0.4) is 0 Å². The van der Waals surface area contributed by atoms with Gasteiger partial charge in [0, 0.05) is 10.6 Å². The van der Waals surface area contributed by atoms with Crippen LogP contribution in [0.2, 0.25) is 10.0 Å². The summed E-state index contributed by atoms with van der Waals surface area (Å²) in [6.07, 6.45) is -1.13. The van der Waals surface area contributed by atoms with Gasteiger partial charge in [-0.1, -0.05) is 34.5 Å². The average Bonchev–Trinajstić information content (AvgIpc) is 2.81. The highest BCUT2D eigenvalue weighted by atomic mass is 35.5. The summed E-state index contributed by atoms with van der Waals surface area (Å²) in [4.78, 5) is 29.8. The Morgan fingerprint density at radius 2 is 1.92 bits per heavy atom. The summed E-state index contributed by atoms with van der Waals surface area (Å²) in [6.45, 7) is 6.92. The maximum Gasteiger partial charge on any atom is 0.414 e. The summed E-state index contributed by atoms with van der Waals surface area (Å²) in [5, 5.41) is 13.2. The molecular weight excluding hydrogens is 385 g/mol. The van der Waals surface area contributed by atoms with Crippen LogP contribution in [-0.2, 0) is 0 Å². The van der Waals surface area contributed by atoms with E-state index in [4.69, 9.17) is 23.2 Å². The molecule has 0 radical (unpaired) electrons.